The summed E-state index contributed by atoms with van der Waals surface area (Å²) in [6.45, 7) is 1.92. The fraction of sp³-hybridized carbons (Fsp3) is 0.0370. The Kier molecular flexibility index (Phi) is 6.92. The number of anilines is 1. The maximum Gasteiger partial charge on any atom is 0.269 e. The van der Waals surface area contributed by atoms with Crippen molar-refractivity contribution in [2.24, 2.45) is 4.99 Å². The highest BCUT2D eigenvalue weighted by Crippen LogP contribution is 2.26. The van der Waals surface area contributed by atoms with Crippen molar-refractivity contribution in [2.45, 2.75) is 6.92 Å². The van der Waals surface area contributed by atoms with Crippen molar-refractivity contribution in [1.29, 1.82) is 0 Å². The molecule has 0 N–H and O–H groups in total. The third-order valence-electron chi connectivity index (χ3n) is 5.36. The van der Waals surface area contributed by atoms with Gasteiger partial charge in [0.1, 0.15) is 5.84 Å². The van der Waals surface area contributed by atoms with Crippen LogP contribution < -0.4 is 4.90 Å². The summed E-state index contributed by atoms with van der Waals surface area (Å²) in [5.74, 6) is -0.231. The lowest BCUT2D eigenvalue weighted by Gasteiger charge is -2.25. The molecule has 36 heavy (non-hydrogen) atoms. The van der Waals surface area contributed by atoms with Crippen molar-refractivity contribution in [3.63, 3.8) is 0 Å². The normalized spacial score (nSPS) is 11.1. The lowest BCUT2D eigenvalue weighted by molar-refractivity contribution is -0.385. The van der Waals surface area contributed by atoms with E-state index in [4.69, 9.17) is 4.99 Å². The summed E-state index contributed by atoms with van der Waals surface area (Å²) in [5, 5.41) is 22.3. The van der Waals surface area contributed by atoms with Gasteiger partial charge in [0.15, 0.2) is 0 Å². The number of carbonyl (C=O) groups is 1. The standard InChI is InChI=1S/C27H20N4O5/c1-19-7-13-23(14-8-19)29(27(32)21-11-17-25(18-12-21)31(35)36)26(28-22-5-3-2-4-6-22)20-9-15-24(16-10-20)30(33)34/h2-18H,1H3. The molecule has 0 saturated heterocycles. The number of nitro benzene ring substituents is 2. The third-order valence-corrected chi connectivity index (χ3v) is 5.36. The van der Waals surface area contributed by atoms with E-state index in [9.17, 15) is 25.0 Å². The minimum absolute atomic E-state index is 0.0959. The zero-order chi connectivity index (χ0) is 25.7. The summed E-state index contributed by atoms with van der Waals surface area (Å²) in [4.78, 5) is 41.2. The molecule has 0 aliphatic heterocycles. The van der Waals surface area contributed by atoms with Gasteiger partial charge in [-0.1, -0.05) is 35.9 Å². The summed E-state index contributed by atoms with van der Waals surface area (Å²) >= 11 is 0. The zero-order valence-electron chi connectivity index (χ0n) is 19.1. The van der Waals surface area contributed by atoms with E-state index in [0.29, 0.717) is 16.9 Å². The summed E-state index contributed by atoms with van der Waals surface area (Å²) in [7, 11) is 0. The van der Waals surface area contributed by atoms with Gasteiger partial charge >= 0.3 is 0 Å². The van der Waals surface area contributed by atoms with Crippen molar-refractivity contribution < 1.29 is 14.6 Å². The number of nitrogens with zero attached hydrogens (tertiary/aromatic N) is 4. The van der Waals surface area contributed by atoms with Gasteiger partial charge in [-0.25, -0.2) is 4.99 Å². The second-order valence-corrected chi connectivity index (χ2v) is 7.86. The Hall–Kier alpha value is -5.18. The monoisotopic (exact) mass is 480 g/mol. The fourth-order valence-corrected chi connectivity index (χ4v) is 3.49. The van der Waals surface area contributed by atoms with Crippen LogP contribution >= 0.6 is 0 Å². The molecule has 0 atom stereocenters. The number of carbonyl (C=O) groups excluding carboxylic acids is 1. The molecular formula is C27H20N4O5. The summed E-state index contributed by atoms with van der Waals surface area (Å²) in [6, 6.07) is 27.3. The number of benzene rings is 4. The van der Waals surface area contributed by atoms with Crippen molar-refractivity contribution in [3.8, 4) is 0 Å². The second kappa shape index (κ2) is 10.4. The molecule has 9 heteroatoms. The minimum Gasteiger partial charge on any atom is -0.268 e. The van der Waals surface area contributed by atoms with E-state index in [0.717, 1.165) is 5.56 Å². The first kappa shape index (κ1) is 24.0. The number of amides is 1. The molecule has 0 spiro atoms. The number of nitro groups is 2. The average molecular weight is 480 g/mol. The molecule has 9 nitrogen and oxygen atoms in total. The van der Waals surface area contributed by atoms with Crippen molar-refractivity contribution in [3.05, 3.63) is 140 Å². The Balaban J connectivity index is 1.90. The number of aryl methyl sites for hydroxylation is 1. The molecule has 0 aliphatic carbocycles. The predicted octanol–water partition coefficient (Wildman–Crippen LogP) is 6.24. The first-order valence-corrected chi connectivity index (χ1v) is 10.9. The lowest BCUT2D eigenvalue weighted by Crippen LogP contribution is -2.37. The number of non-ortho nitro benzene ring substituents is 2. The zero-order valence-corrected chi connectivity index (χ0v) is 19.1. The summed E-state index contributed by atoms with van der Waals surface area (Å²) in [6.07, 6.45) is 0. The molecule has 4 rings (SSSR count). The van der Waals surface area contributed by atoms with Crippen LogP contribution in [0.15, 0.2) is 108 Å². The molecule has 0 aromatic heterocycles. The van der Waals surface area contributed by atoms with Crippen LogP contribution in [0.1, 0.15) is 21.5 Å². The number of amidine groups is 1. The van der Waals surface area contributed by atoms with E-state index in [-0.39, 0.29) is 22.8 Å². The number of hydrogen-bond donors (Lipinski definition) is 0. The van der Waals surface area contributed by atoms with E-state index in [2.05, 4.69) is 0 Å². The fourth-order valence-electron chi connectivity index (χ4n) is 3.49. The van der Waals surface area contributed by atoms with Gasteiger partial charge < -0.3 is 0 Å². The van der Waals surface area contributed by atoms with Gasteiger partial charge in [0.25, 0.3) is 17.3 Å². The van der Waals surface area contributed by atoms with Gasteiger partial charge in [0.05, 0.1) is 21.2 Å². The Labute approximate surface area is 206 Å². The largest absolute Gasteiger partial charge is 0.269 e. The molecule has 4 aromatic rings. The van der Waals surface area contributed by atoms with Crippen LogP contribution in [0.4, 0.5) is 22.7 Å². The van der Waals surface area contributed by atoms with Gasteiger partial charge in [0, 0.05) is 35.4 Å². The number of para-hydroxylation sites is 1. The molecule has 0 radical (unpaired) electrons. The number of hydrogen-bond acceptors (Lipinski definition) is 6. The Morgan fingerprint density at radius 1 is 0.694 bits per heavy atom. The Morgan fingerprint density at radius 3 is 1.69 bits per heavy atom. The van der Waals surface area contributed by atoms with Crippen molar-refractivity contribution in [2.75, 3.05) is 4.90 Å². The first-order chi connectivity index (χ1) is 17.3. The molecule has 0 fully saturated rings. The van der Waals surface area contributed by atoms with Crippen LogP contribution in [0, 0.1) is 27.2 Å². The highest BCUT2D eigenvalue weighted by atomic mass is 16.6. The van der Waals surface area contributed by atoms with E-state index >= 15 is 0 Å². The quantitative estimate of drug-likeness (QED) is 0.140. The molecule has 178 valence electrons. The average Bonchev–Trinajstić information content (AvgIpc) is 2.90. The van der Waals surface area contributed by atoms with E-state index in [1.165, 1.54) is 53.4 Å². The van der Waals surface area contributed by atoms with Crippen LogP contribution in [0.2, 0.25) is 0 Å². The summed E-state index contributed by atoms with van der Waals surface area (Å²) in [5.41, 5.74) is 2.52. The summed E-state index contributed by atoms with van der Waals surface area (Å²) < 4.78 is 0. The van der Waals surface area contributed by atoms with Crippen LogP contribution in [-0.2, 0) is 0 Å². The maximum absolute atomic E-state index is 13.9. The molecule has 0 unspecified atom stereocenters. The topological polar surface area (TPSA) is 119 Å². The van der Waals surface area contributed by atoms with E-state index in [1.54, 1.807) is 36.4 Å². The first-order valence-electron chi connectivity index (χ1n) is 10.9. The van der Waals surface area contributed by atoms with Crippen LogP contribution in [0.5, 0.6) is 0 Å². The Morgan fingerprint density at radius 2 is 1.19 bits per heavy atom. The van der Waals surface area contributed by atoms with Gasteiger partial charge in [-0.2, -0.15) is 0 Å². The smallest absolute Gasteiger partial charge is 0.268 e. The van der Waals surface area contributed by atoms with Gasteiger partial charge in [-0.15, -0.1) is 0 Å². The number of aliphatic imine (C=N–C) groups is 1. The molecule has 0 aliphatic rings. The van der Waals surface area contributed by atoms with Crippen LogP contribution in [-0.4, -0.2) is 21.6 Å². The minimum atomic E-state index is -0.537. The van der Waals surface area contributed by atoms with Gasteiger partial charge in [0.2, 0.25) is 0 Å². The van der Waals surface area contributed by atoms with Gasteiger partial charge in [-0.3, -0.25) is 29.9 Å². The van der Waals surface area contributed by atoms with Crippen LogP contribution in [0.25, 0.3) is 0 Å². The third kappa shape index (κ3) is 5.31. The molecule has 0 bridgehead atoms. The van der Waals surface area contributed by atoms with E-state index in [1.807, 2.05) is 25.1 Å². The second-order valence-electron chi connectivity index (χ2n) is 7.86. The highest BCUT2D eigenvalue weighted by Gasteiger charge is 2.26. The van der Waals surface area contributed by atoms with Crippen molar-refractivity contribution >= 4 is 34.5 Å². The molecule has 1 amide bonds. The number of rotatable bonds is 6. The van der Waals surface area contributed by atoms with Crippen LogP contribution in [0.3, 0.4) is 0 Å². The highest BCUT2D eigenvalue weighted by molar-refractivity contribution is 6.28. The maximum atomic E-state index is 13.9. The lowest BCUT2D eigenvalue weighted by atomic mass is 10.1. The van der Waals surface area contributed by atoms with Crippen molar-refractivity contribution in [1.82, 2.24) is 0 Å². The molecule has 0 heterocycles. The predicted molar refractivity (Wildman–Crippen MR) is 137 cm³/mol. The SMILES string of the molecule is Cc1ccc(N(C(=O)c2ccc([N+](=O)[O-])cc2)C(=Nc2ccccc2)c2ccc([N+](=O)[O-])cc2)cc1. The van der Waals surface area contributed by atoms with E-state index < -0.39 is 15.8 Å². The molecule has 0 saturated carbocycles. The van der Waals surface area contributed by atoms with Gasteiger partial charge in [-0.05, 0) is 55.5 Å². The Bertz CT molecular complexity index is 1430. The molecule has 4 aromatic carbocycles. The molecular weight excluding hydrogens is 460 g/mol.